The molecule has 29 heavy (non-hydrogen) atoms. The molecule has 1 N–H and O–H groups in total. The molecule has 0 radical (unpaired) electrons. The normalized spacial score (nSPS) is 15.8. The lowest BCUT2D eigenvalue weighted by molar-refractivity contribution is 0.0905. The maximum Gasteiger partial charge on any atom is 0.252 e. The largest absolute Gasteiger partial charge is 0.496 e. The van der Waals surface area contributed by atoms with Crippen LogP contribution in [0.15, 0.2) is 53.4 Å². The van der Waals surface area contributed by atoms with Crippen molar-refractivity contribution in [2.24, 2.45) is 0 Å². The number of ether oxygens (including phenoxy) is 1. The van der Waals surface area contributed by atoms with Crippen molar-refractivity contribution in [1.29, 1.82) is 0 Å². The Labute approximate surface area is 172 Å². The molecule has 6 nitrogen and oxygen atoms in total. The van der Waals surface area contributed by atoms with Gasteiger partial charge in [0, 0.05) is 31.2 Å². The van der Waals surface area contributed by atoms with Crippen LogP contribution in [-0.4, -0.2) is 51.2 Å². The van der Waals surface area contributed by atoms with Crippen molar-refractivity contribution in [1.82, 2.24) is 10.2 Å². The third-order valence-corrected chi connectivity index (χ3v) is 7.14. The van der Waals surface area contributed by atoms with Gasteiger partial charge in [0.15, 0.2) is 9.84 Å². The molecule has 0 aromatic heterocycles. The van der Waals surface area contributed by atoms with Gasteiger partial charge in [0.25, 0.3) is 5.91 Å². The molecule has 1 aliphatic heterocycles. The van der Waals surface area contributed by atoms with Crippen molar-refractivity contribution >= 4 is 15.7 Å². The van der Waals surface area contributed by atoms with E-state index in [4.69, 9.17) is 4.74 Å². The molecule has 0 bridgehead atoms. The van der Waals surface area contributed by atoms with E-state index in [9.17, 15) is 13.2 Å². The Morgan fingerprint density at radius 2 is 1.76 bits per heavy atom. The van der Waals surface area contributed by atoms with Crippen molar-refractivity contribution in [3.63, 3.8) is 0 Å². The lowest BCUT2D eigenvalue weighted by atomic mass is 10.0. The number of para-hydroxylation sites is 1. The van der Waals surface area contributed by atoms with E-state index < -0.39 is 9.84 Å². The summed E-state index contributed by atoms with van der Waals surface area (Å²) in [6.45, 7) is 4.11. The molecule has 1 fully saturated rings. The van der Waals surface area contributed by atoms with Crippen LogP contribution < -0.4 is 10.1 Å². The van der Waals surface area contributed by atoms with Crippen molar-refractivity contribution in [3.05, 3.63) is 59.7 Å². The summed E-state index contributed by atoms with van der Waals surface area (Å²) in [6.07, 6.45) is 1.65. The van der Waals surface area contributed by atoms with E-state index >= 15 is 0 Å². The smallest absolute Gasteiger partial charge is 0.252 e. The average Bonchev–Trinajstić information content (AvgIpc) is 2.75. The minimum absolute atomic E-state index is 0.0291. The minimum atomic E-state index is -3.45. The van der Waals surface area contributed by atoms with Crippen LogP contribution in [0.4, 0.5) is 0 Å². The number of likely N-dealkylation sites (tertiary alicyclic amines) is 1. The average molecular weight is 417 g/mol. The van der Waals surface area contributed by atoms with E-state index in [-0.39, 0.29) is 28.2 Å². The van der Waals surface area contributed by atoms with Crippen molar-refractivity contribution in [2.75, 3.05) is 26.0 Å². The second-order valence-electron chi connectivity index (χ2n) is 7.24. The predicted octanol–water partition coefficient (Wildman–Crippen LogP) is 2.88. The number of benzene rings is 2. The number of carbonyl (C=O) groups is 1. The highest BCUT2D eigenvalue weighted by molar-refractivity contribution is 7.91. The van der Waals surface area contributed by atoms with E-state index in [1.165, 1.54) is 6.07 Å². The van der Waals surface area contributed by atoms with Crippen molar-refractivity contribution in [2.45, 2.75) is 37.2 Å². The van der Waals surface area contributed by atoms with Gasteiger partial charge in [0.05, 0.1) is 23.3 Å². The van der Waals surface area contributed by atoms with Gasteiger partial charge < -0.3 is 10.1 Å². The first-order chi connectivity index (χ1) is 13.9. The summed E-state index contributed by atoms with van der Waals surface area (Å²) in [5.74, 6) is 0.538. The third kappa shape index (κ3) is 5.16. The number of piperidine rings is 1. The molecule has 2 aromatic rings. The van der Waals surface area contributed by atoms with Gasteiger partial charge in [0.1, 0.15) is 5.75 Å². The predicted molar refractivity (Wildman–Crippen MR) is 113 cm³/mol. The van der Waals surface area contributed by atoms with Gasteiger partial charge in [-0.1, -0.05) is 37.3 Å². The Balaban J connectivity index is 1.60. The molecule has 1 heterocycles. The molecule has 1 saturated heterocycles. The standard InChI is InChI=1S/C22H28N2O4S/c1-3-29(26,27)21-11-7-5-9-19(21)22(25)23-18-12-14-24(15-13-18)16-17-8-4-6-10-20(17)28-2/h4-11,18H,3,12-16H2,1-2H3,(H,23,25). The van der Waals surface area contributed by atoms with Crippen LogP contribution >= 0.6 is 0 Å². The zero-order valence-corrected chi connectivity index (χ0v) is 17.7. The zero-order valence-electron chi connectivity index (χ0n) is 16.9. The first-order valence-electron chi connectivity index (χ1n) is 9.91. The highest BCUT2D eigenvalue weighted by Gasteiger charge is 2.25. The summed E-state index contributed by atoms with van der Waals surface area (Å²) in [7, 11) is -1.77. The zero-order chi connectivity index (χ0) is 20.9. The van der Waals surface area contributed by atoms with E-state index in [1.807, 2.05) is 18.2 Å². The highest BCUT2D eigenvalue weighted by atomic mass is 32.2. The maximum atomic E-state index is 12.7. The van der Waals surface area contributed by atoms with E-state index in [0.717, 1.165) is 43.8 Å². The molecule has 0 unspecified atom stereocenters. The Kier molecular flexibility index (Phi) is 6.92. The lowest BCUT2D eigenvalue weighted by Crippen LogP contribution is -2.44. The van der Waals surface area contributed by atoms with Crippen molar-refractivity contribution in [3.8, 4) is 5.75 Å². The number of rotatable bonds is 7. The number of carbonyl (C=O) groups excluding carboxylic acids is 1. The van der Waals surface area contributed by atoms with Gasteiger partial charge in [-0.05, 0) is 31.0 Å². The minimum Gasteiger partial charge on any atom is -0.496 e. The summed E-state index contributed by atoms with van der Waals surface area (Å²) in [5, 5.41) is 3.02. The Hall–Kier alpha value is -2.38. The molecule has 0 atom stereocenters. The van der Waals surface area contributed by atoms with Crippen LogP contribution in [0.25, 0.3) is 0 Å². The molecule has 1 amide bonds. The maximum absolute atomic E-state index is 12.7. The molecule has 2 aromatic carbocycles. The van der Waals surface area contributed by atoms with E-state index in [0.29, 0.717) is 0 Å². The fourth-order valence-corrected chi connectivity index (χ4v) is 4.75. The molecular formula is C22H28N2O4S. The first kappa shape index (κ1) is 21.3. The fraction of sp³-hybridized carbons (Fsp3) is 0.409. The van der Waals surface area contributed by atoms with E-state index in [1.54, 1.807) is 32.2 Å². The van der Waals surface area contributed by atoms with Gasteiger partial charge in [-0.25, -0.2) is 8.42 Å². The number of methoxy groups -OCH3 is 1. The third-order valence-electron chi connectivity index (χ3n) is 5.36. The Bertz CT molecular complexity index is 951. The first-order valence-corrected chi connectivity index (χ1v) is 11.6. The monoisotopic (exact) mass is 416 g/mol. The molecule has 156 valence electrons. The summed E-state index contributed by atoms with van der Waals surface area (Å²) < 4.78 is 30.0. The van der Waals surface area contributed by atoms with Gasteiger partial charge in [-0.2, -0.15) is 0 Å². The second kappa shape index (κ2) is 9.41. The lowest BCUT2D eigenvalue weighted by Gasteiger charge is -2.32. The van der Waals surface area contributed by atoms with Crippen LogP contribution in [0.2, 0.25) is 0 Å². The summed E-state index contributed by atoms with van der Waals surface area (Å²) >= 11 is 0. The molecule has 3 rings (SSSR count). The number of hydrogen-bond acceptors (Lipinski definition) is 5. The van der Waals surface area contributed by atoms with Crippen LogP contribution in [0.1, 0.15) is 35.7 Å². The van der Waals surface area contributed by atoms with Crippen LogP contribution in [0.3, 0.4) is 0 Å². The van der Waals surface area contributed by atoms with Crippen molar-refractivity contribution < 1.29 is 17.9 Å². The highest BCUT2D eigenvalue weighted by Crippen LogP contribution is 2.22. The summed E-state index contributed by atoms with van der Waals surface area (Å²) in [4.78, 5) is 15.2. The van der Waals surface area contributed by atoms with Gasteiger partial charge >= 0.3 is 0 Å². The fourth-order valence-electron chi connectivity index (χ4n) is 3.65. The number of amides is 1. The molecule has 1 aliphatic rings. The molecule has 0 aliphatic carbocycles. The molecular weight excluding hydrogens is 388 g/mol. The molecule has 0 saturated carbocycles. The second-order valence-corrected chi connectivity index (χ2v) is 9.48. The van der Waals surface area contributed by atoms with Gasteiger partial charge in [-0.3, -0.25) is 9.69 Å². The SMILES string of the molecule is CCS(=O)(=O)c1ccccc1C(=O)NC1CCN(Cc2ccccc2OC)CC1. The van der Waals surface area contributed by atoms with Crippen LogP contribution in [-0.2, 0) is 16.4 Å². The summed E-state index contributed by atoms with van der Waals surface area (Å²) in [6, 6.07) is 14.5. The van der Waals surface area contributed by atoms with E-state index in [2.05, 4.69) is 16.3 Å². The van der Waals surface area contributed by atoms with Gasteiger partial charge in [-0.15, -0.1) is 0 Å². The number of nitrogens with zero attached hydrogens (tertiary/aromatic N) is 1. The number of hydrogen-bond donors (Lipinski definition) is 1. The Morgan fingerprint density at radius 3 is 2.45 bits per heavy atom. The molecule has 0 spiro atoms. The van der Waals surface area contributed by atoms with Crippen LogP contribution in [0, 0.1) is 0 Å². The summed E-state index contributed by atoms with van der Waals surface area (Å²) in [5.41, 5.74) is 1.38. The van der Waals surface area contributed by atoms with Crippen LogP contribution in [0.5, 0.6) is 5.75 Å². The van der Waals surface area contributed by atoms with Gasteiger partial charge in [0.2, 0.25) is 0 Å². The number of sulfone groups is 1. The Morgan fingerprint density at radius 1 is 1.10 bits per heavy atom. The quantitative estimate of drug-likeness (QED) is 0.751. The number of nitrogens with one attached hydrogen (secondary N) is 1. The topological polar surface area (TPSA) is 75.7 Å². The molecule has 7 heteroatoms.